The van der Waals surface area contributed by atoms with Crippen LogP contribution in [0.25, 0.3) is 10.2 Å². The lowest BCUT2D eigenvalue weighted by atomic mass is 10.1. The van der Waals surface area contributed by atoms with Gasteiger partial charge in [-0.05, 0) is 55.0 Å². The Morgan fingerprint density at radius 3 is 2.89 bits per heavy atom. The van der Waals surface area contributed by atoms with Crippen molar-refractivity contribution in [2.24, 2.45) is 4.99 Å². The van der Waals surface area contributed by atoms with Crippen LogP contribution in [0.5, 0.6) is 0 Å². The van der Waals surface area contributed by atoms with Gasteiger partial charge in [0.2, 0.25) is 0 Å². The highest BCUT2D eigenvalue weighted by Crippen LogP contribution is 2.21. The maximum absolute atomic E-state index is 12.7. The third kappa shape index (κ3) is 4.60. The van der Waals surface area contributed by atoms with Gasteiger partial charge in [0, 0.05) is 17.0 Å². The van der Waals surface area contributed by atoms with Crippen molar-refractivity contribution in [2.45, 2.75) is 37.6 Å². The largest absolute Gasteiger partial charge is 0.312 e. The molecule has 0 spiro atoms. The van der Waals surface area contributed by atoms with E-state index in [1.807, 2.05) is 36.6 Å². The van der Waals surface area contributed by atoms with Gasteiger partial charge in [0.05, 0.1) is 10.2 Å². The first-order valence-electron chi connectivity index (χ1n) is 9.12. The van der Waals surface area contributed by atoms with Crippen molar-refractivity contribution in [2.75, 3.05) is 6.26 Å². The zero-order valence-electron chi connectivity index (χ0n) is 15.8. The highest BCUT2D eigenvalue weighted by Gasteiger charge is 2.10. The van der Waals surface area contributed by atoms with E-state index in [2.05, 4.69) is 41.3 Å². The maximum Gasteiger partial charge on any atom is 0.279 e. The number of fused-ring (bicyclic) bond motifs is 1. The number of rotatable bonds is 7. The summed E-state index contributed by atoms with van der Waals surface area (Å²) in [6.45, 7) is 6.69. The van der Waals surface area contributed by atoms with Gasteiger partial charge in [-0.1, -0.05) is 42.9 Å². The van der Waals surface area contributed by atoms with Gasteiger partial charge < -0.3 is 4.57 Å². The third-order valence-corrected chi connectivity index (χ3v) is 6.16. The second kappa shape index (κ2) is 9.20. The molecule has 0 radical (unpaired) electrons. The molecule has 1 heterocycles. The van der Waals surface area contributed by atoms with Crippen LogP contribution < -0.4 is 4.80 Å². The van der Waals surface area contributed by atoms with Gasteiger partial charge in [-0.2, -0.15) is 4.99 Å². The van der Waals surface area contributed by atoms with Crippen LogP contribution in [0.15, 0.2) is 65.0 Å². The van der Waals surface area contributed by atoms with Crippen LogP contribution in [0.4, 0.5) is 0 Å². The van der Waals surface area contributed by atoms with Crippen LogP contribution in [0.1, 0.15) is 35.7 Å². The highest BCUT2D eigenvalue weighted by molar-refractivity contribution is 7.98. The number of allylic oxidation sites excluding steroid dienone is 1. The summed E-state index contributed by atoms with van der Waals surface area (Å²) in [5.41, 5.74) is 3.06. The number of thiazole rings is 1. The number of hydrogen-bond acceptors (Lipinski definition) is 3. The van der Waals surface area contributed by atoms with Gasteiger partial charge in [0.15, 0.2) is 4.80 Å². The number of thioether (sulfide) groups is 1. The molecule has 3 aromatic rings. The molecule has 1 aromatic heterocycles. The molecular weight excluding hydrogens is 372 g/mol. The van der Waals surface area contributed by atoms with Crippen molar-refractivity contribution >= 4 is 39.2 Å². The van der Waals surface area contributed by atoms with Crippen molar-refractivity contribution in [3.63, 3.8) is 0 Å². The number of aryl methyl sites for hydroxylation is 1. The van der Waals surface area contributed by atoms with E-state index in [0.29, 0.717) is 12.1 Å². The molecule has 0 fully saturated rings. The molecule has 0 N–H and O–H groups in total. The third-order valence-electron chi connectivity index (χ3n) is 4.39. The Hall–Kier alpha value is -2.11. The fourth-order valence-corrected chi connectivity index (χ4v) is 4.51. The molecule has 2 aromatic carbocycles. The molecule has 0 saturated carbocycles. The quantitative estimate of drug-likeness (QED) is 0.379. The van der Waals surface area contributed by atoms with E-state index in [0.717, 1.165) is 26.3 Å². The van der Waals surface area contributed by atoms with Gasteiger partial charge in [-0.25, -0.2) is 0 Å². The Bertz CT molecular complexity index is 1030. The summed E-state index contributed by atoms with van der Waals surface area (Å²) in [4.78, 5) is 18.9. The highest BCUT2D eigenvalue weighted by atomic mass is 32.2. The molecule has 140 valence electrons. The lowest BCUT2D eigenvalue weighted by Gasteiger charge is -2.03. The summed E-state index contributed by atoms with van der Waals surface area (Å²) in [7, 11) is 0. The second-order valence-electron chi connectivity index (χ2n) is 6.34. The van der Waals surface area contributed by atoms with Crippen LogP contribution in [-0.4, -0.2) is 16.7 Å². The van der Waals surface area contributed by atoms with Crippen LogP contribution in [0.3, 0.4) is 0 Å². The fourth-order valence-electron chi connectivity index (χ4n) is 2.95. The molecule has 0 saturated heterocycles. The number of nitrogens with zero attached hydrogens (tertiary/aromatic N) is 2. The Balaban J connectivity index is 2.05. The molecule has 27 heavy (non-hydrogen) atoms. The lowest BCUT2D eigenvalue weighted by molar-refractivity contribution is 0.0997. The average Bonchev–Trinajstić information content (AvgIpc) is 3.03. The van der Waals surface area contributed by atoms with Crippen molar-refractivity contribution in [1.29, 1.82) is 0 Å². The van der Waals surface area contributed by atoms with Crippen LogP contribution >= 0.6 is 23.1 Å². The Morgan fingerprint density at radius 2 is 2.15 bits per heavy atom. The van der Waals surface area contributed by atoms with E-state index < -0.39 is 0 Å². The number of carbonyl (C=O) groups excluding carboxylic acids is 1. The van der Waals surface area contributed by atoms with Crippen LogP contribution in [-0.2, 0) is 13.0 Å². The van der Waals surface area contributed by atoms with Gasteiger partial charge in [-0.3, -0.25) is 4.79 Å². The van der Waals surface area contributed by atoms with Gasteiger partial charge in [0.1, 0.15) is 0 Å². The second-order valence-corrected chi connectivity index (χ2v) is 8.23. The molecule has 3 nitrogen and oxygen atoms in total. The van der Waals surface area contributed by atoms with Crippen LogP contribution in [0, 0.1) is 0 Å². The minimum absolute atomic E-state index is 0.207. The molecule has 0 aliphatic heterocycles. The van der Waals surface area contributed by atoms with Crippen molar-refractivity contribution in [1.82, 2.24) is 4.57 Å². The van der Waals surface area contributed by atoms with Gasteiger partial charge >= 0.3 is 0 Å². The lowest BCUT2D eigenvalue weighted by Crippen LogP contribution is -2.16. The molecule has 5 heteroatoms. The minimum Gasteiger partial charge on any atom is -0.312 e. The van der Waals surface area contributed by atoms with Gasteiger partial charge in [-0.15, -0.1) is 18.3 Å². The number of carbonyl (C=O) groups is 1. The summed E-state index contributed by atoms with van der Waals surface area (Å²) < 4.78 is 3.22. The summed E-state index contributed by atoms with van der Waals surface area (Å²) in [5, 5.41) is 0. The predicted molar refractivity (Wildman–Crippen MR) is 117 cm³/mol. The number of amides is 1. The van der Waals surface area contributed by atoms with E-state index >= 15 is 0 Å². The van der Waals surface area contributed by atoms with Crippen molar-refractivity contribution in [3.8, 4) is 0 Å². The van der Waals surface area contributed by atoms with E-state index in [-0.39, 0.29) is 5.91 Å². The summed E-state index contributed by atoms with van der Waals surface area (Å²) in [6, 6.07) is 14.2. The molecular formula is C22H24N2OS2. The monoisotopic (exact) mass is 396 g/mol. The average molecular weight is 397 g/mol. The molecule has 3 rings (SSSR count). The van der Waals surface area contributed by atoms with Crippen LogP contribution in [0.2, 0.25) is 0 Å². The minimum atomic E-state index is -0.207. The first kappa shape index (κ1) is 19.6. The standard InChI is InChI=1S/C22H24N2OS2/c1-4-6-8-16-11-12-19-20(14-16)27-22(24(19)13-5-2)23-21(25)17-9-7-10-18(15-17)26-3/h5,7,9-12,14-15H,2,4,6,8,13H2,1,3H3. The fraction of sp³-hybridized carbons (Fsp3) is 0.273. The number of aromatic nitrogens is 1. The van der Waals surface area contributed by atoms with Crippen molar-refractivity contribution in [3.05, 3.63) is 71.0 Å². The Kier molecular flexibility index (Phi) is 6.69. The maximum atomic E-state index is 12.7. The number of benzene rings is 2. The van der Waals surface area contributed by atoms with E-state index in [1.165, 1.54) is 18.4 Å². The van der Waals surface area contributed by atoms with Gasteiger partial charge in [0.25, 0.3) is 5.91 Å². The normalized spacial score (nSPS) is 11.9. The predicted octanol–water partition coefficient (Wildman–Crippen LogP) is 5.69. The topological polar surface area (TPSA) is 34.4 Å². The zero-order chi connectivity index (χ0) is 19.2. The summed E-state index contributed by atoms with van der Waals surface area (Å²) >= 11 is 3.19. The molecule has 0 aliphatic rings. The number of unbranched alkanes of at least 4 members (excludes halogenated alkanes) is 1. The Labute approximate surface area is 168 Å². The smallest absolute Gasteiger partial charge is 0.279 e. The molecule has 1 amide bonds. The zero-order valence-corrected chi connectivity index (χ0v) is 17.4. The summed E-state index contributed by atoms with van der Waals surface area (Å²) in [5.74, 6) is -0.207. The SMILES string of the molecule is C=CCn1c(=NC(=O)c2cccc(SC)c2)sc2cc(CCCC)ccc21. The van der Waals surface area contributed by atoms with Crippen molar-refractivity contribution < 1.29 is 4.79 Å². The Morgan fingerprint density at radius 1 is 1.30 bits per heavy atom. The first-order valence-corrected chi connectivity index (χ1v) is 11.2. The molecule has 0 bridgehead atoms. The molecule has 0 aliphatic carbocycles. The number of hydrogen-bond donors (Lipinski definition) is 0. The summed E-state index contributed by atoms with van der Waals surface area (Å²) in [6.07, 6.45) is 7.29. The van der Waals surface area contributed by atoms with E-state index in [4.69, 9.17) is 0 Å². The molecule has 0 unspecified atom stereocenters. The van der Waals surface area contributed by atoms with E-state index in [1.54, 1.807) is 23.1 Å². The molecule has 0 atom stereocenters. The van der Waals surface area contributed by atoms with E-state index in [9.17, 15) is 4.79 Å². The first-order chi connectivity index (χ1) is 13.2.